The van der Waals surface area contributed by atoms with Gasteiger partial charge < -0.3 is 30.2 Å². The number of aromatic amines is 1. The van der Waals surface area contributed by atoms with Crippen LogP contribution in [0.5, 0.6) is 11.5 Å². The maximum Gasteiger partial charge on any atom is 0.223 e. The lowest BCUT2D eigenvalue weighted by atomic mass is 10.2. The number of aromatic nitrogens is 4. The Bertz CT molecular complexity index is 904. The number of H-pyrrole nitrogens is 1. The number of rotatable bonds is 9. The molecule has 2 aromatic heterocycles. The lowest BCUT2D eigenvalue weighted by molar-refractivity contribution is 0.191. The first-order valence-corrected chi connectivity index (χ1v) is 9.20. The van der Waals surface area contributed by atoms with Crippen molar-refractivity contribution in [2.45, 2.75) is 11.1 Å². The van der Waals surface area contributed by atoms with Gasteiger partial charge >= 0.3 is 0 Å². The molecule has 0 amide bonds. The fourth-order valence-electron chi connectivity index (χ4n) is 2.60. The van der Waals surface area contributed by atoms with Crippen LogP contribution in [0, 0.1) is 0 Å². The quantitative estimate of drug-likeness (QED) is 0.373. The summed E-state index contributed by atoms with van der Waals surface area (Å²) in [5.74, 6) is 2.24. The van der Waals surface area contributed by atoms with Crippen LogP contribution in [0.25, 0.3) is 11.2 Å². The Morgan fingerprint density at radius 3 is 2.74 bits per heavy atom. The zero-order chi connectivity index (χ0) is 19.2. The van der Waals surface area contributed by atoms with Gasteiger partial charge in [0.2, 0.25) is 5.95 Å². The van der Waals surface area contributed by atoms with E-state index in [4.69, 9.17) is 19.9 Å². The van der Waals surface area contributed by atoms with Gasteiger partial charge in [0, 0.05) is 24.6 Å². The zero-order valence-corrected chi connectivity index (χ0v) is 16.2. The Hall–Kier alpha value is -2.72. The highest BCUT2D eigenvalue weighted by Gasteiger charge is 2.15. The monoisotopic (exact) mass is 390 g/mol. The summed E-state index contributed by atoms with van der Waals surface area (Å²) in [6.07, 6.45) is 1.58. The van der Waals surface area contributed by atoms with Crippen molar-refractivity contribution in [3.8, 4) is 11.5 Å². The van der Waals surface area contributed by atoms with Crippen LogP contribution in [0.3, 0.4) is 0 Å². The molecular weight excluding hydrogens is 368 g/mol. The number of nitrogens with two attached hydrogens (primary N) is 1. The molecule has 0 spiro atoms. The summed E-state index contributed by atoms with van der Waals surface area (Å²) in [5, 5.41) is 4.21. The number of hydrogen-bond acceptors (Lipinski definition) is 9. The normalized spacial score (nSPS) is 12.1. The van der Waals surface area contributed by atoms with Crippen LogP contribution in [0.15, 0.2) is 29.6 Å². The van der Waals surface area contributed by atoms with Crippen molar-refractivity contribution in [3.05, 3.63) is 24.5 Å². The fraction of sp³-hybridized carbons (Fsp3) is 0.353. The van der Waals surface area contributed by atoms with Crippen molar-refractivity contribution in [2.75, 3.05) is 44.7 Å². The van der Waals surface area contributed by atoms with Crippen LogP contribution in [0.4, 0.5) is 11.6 Å². The molecule has 3 rings (SSSR count). The first kappa shape index (κ1) is 19.1. The lowest BCUT2D eigenvalue weighted by Crippen LogP contribution is -2.27. The molecule has 0 saturated carbocycles. The molecule has 4 N–H and O–H groups in total. The molecule has 0 fully saturated rings. The number of hydrogen-bond donors (Lipinski definition) is 3. The Kier molecular flexibility index (Phi) is 6.20. The van der Waals surface area contributed by atoms with E-state index in [0.29, 0.717) is 29.5 Å². The topological polar surface area (TPSA) is 120 Å². The number of nitrogen functional groups attached to an aromatic ring is 1. The number of nitrogens with one attached hydrogen (secondary N) is 2. The van der Waals surface area contributed by atoms with E-state index in [9.17, 15) is 0 Å². The van der Waals surface area contributed by atoms with Crippen molar-refractivity contribution >= 4 is 34.6 Å². The minimum atomic E-state index is 0.0345. The third-order valence-corrected chi connectivity index (χ3v) is 4.95. The standard InChI is InChI=1S/C17H22N6O3S/c1-24-7-11(21-10-4-5-12(25-2)13(6-10)26-3)8-27-16-14-15(20-9-19-14)22-17(18)23-16/h4-6,9,11,21H,7-8H2,1-3H3,(H3,18,19,20,22,23). The van der Waals surface area contributed by atoms with Gasteiger partial charge in [-0.2, -0.15) is 4.98 Å². The Morgan fingerprint density at radius 1 is 1.19 bits per heavy atom. The first-order chi connectivity index (χ1) is 13.1. The number of anilines is 2. The van der Waals surface area contributed by atoms with Crippen molar-refractivity contribution < 1.29 is 14.2 Å². The number of thioether (sulfide) groups is 1. The van der Waals surface area contributed by atoms with E-state index in [1.54, 1.807) is 39.4 Å². The molecule has 0 saturated heterocycles. The van der Waals surface area contributed by atoms with Crippen LogP contribution in [-0.4, -0.2) is 59.7 Å². The molecule has 1 aromatic carbocycles. The van der Waals surface area contributed by atoms with Crippen molar-refractivity contribution in [2.24, 2.45) is 0 Å². The predicted molar refractivity (Wildman–Crippen MR) is 106 cm³/mol. The van der Waals surface area contributed by atoms with Crippen LogP contribution in [-0.2, 0) is 4.74 Å². The second kappa shape index (κ2) is 8.78. The molecule has 0 aliphatic heterocycles. The molecule has 1 atom stereocenters. The number of imidazole rings is 1. The summed E-state index contributed by atoms with van der Waals surface area (Å²) < 4.78 is 16.0. The van der Waals surface area contributed by atoms with E-state index in [1.165, 1.54) is 0 Å². The van der Waals surface area contributed by atoms with E-state index < -0.39 is 0 Å². The van der Waals surface area contributed by atoms with E-state index in [2.05, 4.69) is 25.3 Å². The van der Waals surface area contributed by atoms with Crippen LogP contribution < -0.4 is 20.5 Å². The van der Waals surface area contributed by atoms with Crippen molar-refractivity contribution in [1.82, 2.24) is 19.9 Å². The Labute approximate surface area is 161 Å². The fourth-order valence-corrected chi connectivity index (χ4v) is 3.59. The van der Waals surface area contributed by atoms with E-state index in [-0.39, 0.29) is 12.0 Å². The third kappa shape index (κ3) is 4.52. The molecule has 0 bridgehead atoms. The van der Waals surface area contributed by atoms with Gasteiger partial charge in [-0.1, -0.05) is 0 Å². The molecule has 9 nitrogen and oxygen atoms in total. The van der Waals surface area contributed by atoms with Gasteiger partial charge in [0.1, 0.15) is 10.5 Å². The van der Waals surface area contributed by atoms with Gasteiger partial charge in [-0.25, -0.2) is 9.97 Å². The number of fused-ring (bicyclic) bond motifs is 1. The zero-order valence-electron chi connectivity index (χ0n) is 15.4. The Balaban J connectivity index is 1.73. The molecule has 0 aliphatic carbocycles. The Morgan fingerprint density at radius 2 is 2.00 bits per heavy atom. The first-order valence-electron chi connectivity index (χ1n) is 8.21. The van der Waals surface area contributed by atoms with Gasteiger partial charge in [-0.3, -0.25) is 0 Å². The summed E-state index contributed by atoms with van der Waals surface area (Å²) in [5.41, 5.74) is 8.01. The van der Waals surface area contributed by atoms with Crippen molar-refractivity contribution in [3.63, 3.8) is 0 Å². The molecular formula is C17H22N6O3S. The number of methoxy groups -OCH3 is 3. The maximum absolute atomic E-state index is 5.78. The van der Waals surface area contributed by atoms with E-state index in [1.807, 2.05) is 18.2 Å². The van der Waals surface area contributed by atoms with Gasteiger partial charge in [0.25, 0.3) is 0 Å². The van der Waals surface area contributed by atoms with Crippen LogP contribution >= 0.6 is 11.8 Å². The van der Waals surface area contributed by atoms with Crippen molar-refractivity contribution in [1.29, 1.82) is 0 Å². The van der Waals surface area contributed by atoms with Gasteiger partial charge in [0.05, 0.1) is 33.2 Å². The average molecular weight is 390 g/mol. The molecule has 0 radical (unpaired) electrons. The number of benzene rings is 1. The molecule has 10 heteroatoms. The molecule has 144 valence electrons. The molecule has 2 heterocycles. The highest BCUT2D eigenvalue weighted by molar-refractivity contribution is 7.99. The van der Waals surface area contributed by atoms with Gasteiger partial charge in [0.15, 0.2) is 17.1 Å². The molecule has 0 aliphatic rings. The number of ether oxygens (including phenoxy) is 3. The van der Waals surface area contributed by atoms with Gasteiger partial charge in [-0.15, -0.1) is 11.8 Å². The second-order valence-corrected chi connectivity index (χ2v) is 6.67. The van der Waals surface area contributed by atoms with Crippen LogP contribution in [0.1, 0.15) is 0 Å². The molecule has 27 heavy (non-hydrogen) atoms. The predicted octanol–water partition coefficient (Wildman–Crippen LogP) is 2.17. The second-order valence-electron chi connectivity index (χ2n) is 5.67. The minimum absolute atomic E-state index is 0.0345. The van der Waals surface area contributed by atoms with E-state index in [0.717, 1.165) is 16.2 Å². The summed E-state index contributed by atoms with van der Waals surface area (Å²) in [7, 11) is 4.89. The lowest BCUT2D eigenvalue weighted by Gasteiger charge is -2.20. The van der Waals surface area contributed by atoms with E-state index >= 15 is 0 Å². The average Bonchev–Trinajstić information content (AvgIpc) is 3.14. The summed E-state index contributed by atoms with van der Waals surface area (Å²) in [4.78, 5) is 15.6. The smallest absolute Gasteiger partial charge is 0.223 e. The SMILES string of the molecule is COCC(CSc1nc(N)nc2nc[nH]c12)Nc1ccc(OC)c(OC)c1. The molecule has 3 aromatic rings. The highest BCUT2D eigenvalue weighted by atomic mass is 32.2. The van der Waals surface area contributed by atoms with Gasteiger partial charge in [-0.05, 0) is 12.1 Å². The highest BCUT2D eigenvalue weighted by Crippen LogP contribution is 2.31. The molecule has 1 unspecified atom stereocenters. The third-order valence-electron chi connectivity index (χ3n) is 3.81. The van der Waals surface area contributed by atoms with Crippen LogP contribution in [0.2, 0.25) is 0 Å². The summed E-state index contributed by atoms with van der Waals surface area (Å²) in [6.45, 7) is 0.522. The maximum atomic E-state index is 5.78. The minimum Gasteiger partial charge on any atom is -0.493 e. The summed E-state index contributed by atoms with van der Waals surface area (Å²) >= 11 is 1.55. The largest absolute Gasteiger partial charge is 0.493 e. The summed E-state index contributed by atoms with van der Waals surface area (Å²) in [6, 6.07) is 5.72. The number of nitrogens with zero attached hydrogens (tertiary/aromatic N) is 3.